The van der Waals surface area contributed by atoms with Crippen molar-refractivity contribution in [3.63, 3.8) is 0 Å². The first kappa shape index (κ1) is 14.3. The van der Waals surface area contributed by atoms with Gasteiger partial charge in [0.25, 0.3) is 0 Å². The predicted octanol–water partition coefficient (Wildman–Crippen LogP) is 3.21. The number of anilines is 1. The monoisotopic (exact) mass is 261 g/mol. The number of hydrogen-bond donors (Lipinski definition) is 1. The lowest BCUT2D eigenvalue weighted by atomic mass is 10.0. The molecular formula is C16H27N3. The number of nitrogens with zero attached hydrogens (tertiary/aromatic N) is 2. The molecule has 0 bridgehead atoms. The minimum Gasteiger partial charge on any atom is -0.356 e. The summed E-state index contributed by atoms with van der Waals surface area (Å²) in [7, 11) is 0. The van der Waals surface area contributed by atoms with E-state index in [0.717, 1.165) is 31.4 Å². The molecule has 1 aromatic rings. The minimum absolute atomic E-state index is 0.154. The summed E-state index contributed by atoms with van der Waals surface area (Å²) in [5.41, 5.74) is 1.41. The van der Waals surface area contributed by atoms with Crippen LogP contribution in [-0.4, -0.2) is 23.6 Å². The predicted molar refractivity (Wildman–Crippen MR) is 81.4 cm³/mol. The molecule has 1 aromatic heterocycles. The summed E-state index contributed by atoms with van der Waals surface area (Å²) in [5.74, 6) is 1.92. The zero-order chi connectivity index (χ0) is 13.9. The molecule has 0 amide bonds. The Morgan fingerprint density at radius 3 is 2.74 bits per heavy atom. The fourth-order valence-corrected chi connectivity index (χ4v) is 2.47. The highest BCUT2D eigenvalue weighted by atomic mass is 15.2. The van der Waals surface area contributed by atoms with Crippen LogP contribution in [0.2, 0.25) is 0 Å². The molecule has 1 N–H and O–H groups in total. The molecule has 0 aliphatic carbocycles. The van der Waals surface area contributed by atoms with Crippen LogP contribution in [-0.2, 0) is 6.54 Å². The summed E-state index contributed by atoms with van der Waals surface area (Å²) in [6.07, 6.45) is 4.65. The molecule has 1 saturated heterocycles. The molecule has 0 spiro atoms. The lowest BCUT2D eigenvalue weighted by Crippen LogP contribution is -2.35. The van der Waals surface area contributed by atoms with Gasteiger partial charge in [-0.2, -0.15) is 0 Å². The Bertz CT molecular complexity index is 391. The third-order valence-corrected chi connectivity index (χ3v) is 3.61. The maximum absolute atomic E-state index is 4.62. The van der Waals surface area contributed by atoms with Crippen molar-refractivity contribution in [2.45, 2.75) is 52.6 Å². The van der Waals surface area contributed by atoms with Crippen molar-refractivity contribution in [2.24, 2.45) is 5.92 Å². The second kappa shape index (κ2) is 5.91. The quantitative estimate of drug-likeness (QED) is 0.905. The Morgan fingerprint density at radius 1 is 1.37 bits per heavy atom. The molecule has 2 heterocycles. The Labute approximate surface area is 117 Å². The molecule has 1 unspecified atom stereocenters. The van der Waals surface area contributed by atoms with E-state index in [1.807, 2.05) is 6.20 Å². The van der Waals surface area contributed by atoms with E-state index in [2.05, 4.69) is 55.0 Å². The van der Waals surface area contributed by atoms with Gasteiger partial charge in [-0.3, -0.25) is 0 Å². The molecule has 1 atom stereocenters. The van der Waals surface area contributed by atoms with Crippen LogP contribution in [0.1, 0.15) is 46.1 Å². The first-order valence-electron chi connectivity index (χ1n) is 7.39. The van der Waals surface area contributed by atoms with E-state index < -0.39 is 0 Å². The fraction of sp³-hybridized carbons (Fsp3) is 0.688. The van der Waals surface area contributed by atoms with Crippen LogP contribution in [0, 0.1) is 5.92 Å². The van der Waals surface area contributed by atoms with Gasteiger partial charge < -0.3 is 10.2 Å². The Kier molecular flexibility index (Phi) is 4.46. The summed E-state index contributed by atoms with van der Waals surface area (Å²) in [6, 6.07) is 4.36. The molecular weight excluding hydrogens is 234 g/mol. The van der Waals surface area contributed by atoms with Crippen molar-refractivity contribution in [1.82, 2.24) is 10.3 Å². The van der Waals surface area contributed by atoms with Crippen LogP contribution in [0.15, 0.2) is 18.3 Å². The van der Waals surface area contributed by atoms with Gasteiger partial charge in [0.1, 0.15) is 5.82 Å². The molecule has 1 aliphatic heterocycles. The Hall–Kier alpha value is -1.09. The average molecular weight is 261 g/mol. The molecule has 0 radical (unpaired) electrons. The van der Waals surface area contributed by atoms with Crippen LogP contribution in [0.4, 0.5) is 5.82 Å². The van der Waals surface area contributed by atoms with E-state index in [4.69, 9.17) is 0 Å². The highest BCUT2D eigenvalue weighted by molar-refractivity contribution is 5.39. The Morgan fingerprint density at radius 2 is 2.16 bits per heavy atom. The number of rotatable bonds is 3. The van der Waals surface area contributed by atoms with E-state index in [1.54, 1.807) is 0 Å². The molecule has 3 heteroatoms. The number of nitrogens with one attached hydrogen (secondary N) is 1. The number of aromatic nitrogens is 1. The normalized spacial score (nSPS) is 20.6. The van der Waals surface area contributed by atoms with Crippen molar-refractivity contribution in [3.05, 3.63) is 23.9 Å². The van der Waals surface area contributed by atoms with E-state index >= 15 is 0 Å². The molecule has 0 aromatic carbocycles. The third-order valence-electron chi connectivity index (χ3n) is 3.61. The molecule has 1 fully saturated rings. The average Bonchev–Trinajstić information content (AvgIpc) is 2.36. The first-order valence-corrected chi connectivity index (χ1v) is 7.39. The van der Waals surface area contributed by atoms with Crippen molar-refractivity contribution >= 4 is 5.82 Å². The van der Waals surface area contributed by atoms with Crippen molar-refractivity contribution in [3.8, 4) is 0 Å². The van der Waals surface area contributed by atoms with Gasteiger partial charge in [-0.15, -0.1) is 0 Å². The van der Waals surface area contributed by atoms with Gasteiger partial charge in [0.15, 0.2) is 0 Å². The number of hydrogen-bond acceptors (Lipinski definition) is 3. The van der Waals surface area contributed by atoms with E-state index in [-0.39, 0.29) is 5.54 Å². The molecule has 3 nitrogen and oxygen atoms in total. The van der Waals surface area contributed by atoms with Crippen LogP contribution >= 0.6 is 0 Å². The second-order valence-electron chi connectivity index (χ2n) is 6.82. The molecule has 0 saturated carbocycles. The SMILES string of the molecule is CC1CCCN(c2ccc(CNC(C)(C)C)cn2)C1. The van der Waals surface area contributed by atoms with Gasteiger partial charge in [-0.25, -0.2) is 4.98 Å². The molecule has 19 heavy (non-hydrogen) atoms. The largest absolute Gasteiger partial charge is 0.356 e. The molecule has 1 aliphatic rings. The second-order valence-corrected chi connectivity index (χ2v) is 6.82. The lowest BCUT2D eigenvalue weighted by molar-refractivity contribution is 0.423. The van der Waals surface area contributed by atoms with Crippen molar-refractivity contribution in [2.75, 3.05) is 18.0 Å². The van der Waals surface area contributed by atoms with Gasteiger partial charge in [-0.1, -0.05) is 13.0 Å². The summed E-state index contributed by atoms with van der Waals surface area (Å²) in [4.78, 5) is 7.04. The zero-order valence-corrected chi connectivity index (χ0v) is 12.7. The van der Waals surface area contributed by atoms with Crippen molar-refractivity contribution < 1.29 is 0 Å². The van der Waals surface area contributed by atoms with Crippen LogP contribution in [0.25, 0.3) is 0 Å². The minimum atomic E-state index is 0.154. The van der Waals surface area contributed by atoms with E-state index in [0.29, 0.717) is 0 Å². The van der Waals surface area contributed by atoms with E-state index in [9.17, 15) is 0 Å². The fourth-order valence-electron chi connectivity index (χ4n) is 2.47. The molecule has 2 rings (SSSR count). The molecule has 106 valence electrons. The maximum Gasteiger partial charge on any atom is 0.128 e. The highest BCUT2D eigenvalue weighted by Gasteiger charge is 2.17. The number of pyridine rings is 1. The van der Waals surface area contributed by atoms with Crippen LogP contribution in [0.5, 0.6) is 0 Å². The zero-order valence-electron chi connectivity index (χ0n) is 12.7. The smallest absolute Gasteiger partial charge is 0.128 e. The summed E-state index contributed by atoms with van der Waals surface area (Å²) in [6.45, 7) is 12.1. The lowest BCUT2D eigenvalue weighted by Gasteiger charge is -2.31. The summed E-state index contributed by atoms with van der Waals surface area (Å²) >= 11 is 0. The van der Waals surface area contributed by atoms with Crippen LogP contribution in [0.3, 0.4) is 0 Å². The van der Waals surface area contributed by atoms with Gasteiger partial charge >= 0.3 is 0 Å². The topological polar surface area (TPSA) is 28.2 Å². The standard InChI is InChI=1S/C16H27N3/c1-13-6-5-9-19(12-13)15-8-7-14(10-17-15)11-18-16(2,3)4/h7-8,10,13,18H,5-6,9,11-12H2,1-4H3. The highest BCUT2D eigenvalue weighted by Crippen LogP contribution is 2.21. The van der Waals surface area contributed by atoms with Crippen LogP contribution < -0.4 is 10.2 Å². The third kappa shape index (κ3) is 4.50. The van der Waals surface area contributed by atoms with Crippen molar-refractivity contribution in [1.29, 1.82) is 0 Å². The van der Waals surface area contributed by atoms with Gasteiger partial charge in [0.05, 0.1) is 0 Å². The van der Waals surface area contributed by atoms with Gasteiger partial charge in [0.2, 0.25) is 0 Å². The number of piperidine rings is 1. The van der Waals surface area contributed by atoms with E-state index in [1.165, 1.54) is 18.4 Å². The maximum atomic E-state index is 4.62. The first-order chi connectivity index (χ1) is 8.94. The summed E-state index contributed by atoms with van der Waals surface area (Å²) in [5, 5.41) is 3.49. The summed E-state index contributed by atoms with van der Waals surface area (Å²) < 4.78 is 0. The van der Waals surface area contributed by atoms with Gasteiger partial charge in [-0.05, 0) is 51.2 Å². The Balaban J connectivity index is 1.94. The van der Waals surface area contributed by atoms with Gasteiger partial charge in [0, 0.05) is 31.4 Å².